The van der Waals surface area contributed by atoms with Crippen molar-refractivity contribution in [3.05, 3.63) is 47.5 Å². The van der Waals surface area contributed by atoms with Gasteiger partial charge in [0, 0.05) is 5.56 Å². The van der Waals surface area contributed by atoms with Gasteiger partial charge in [-0.05, 0) is 48.2 Å². The summed E-state index contributed by atoms with van der Waals surface area (Å²) >= 11 is 0. The fourth-order valence-corrected chi connectivity index (χ4v) is 3.45. The smallest absolute Gasteiger partial charge is 0.337 e. The van der Waals surface area contributed by atoms with Gasteiger partial charge in [-0.15, -0.1) is 0 Å². The van der Waals surface area contributed by atoms with Crippen LogP contribution in [-0.4, -0.2) is 32.2 Å². The molecule has 0 aliphatic rings. The van der Waals surface area contributed by atoms with Gasteiger partial charge in [-0.3, -0.25) is 4.79 Å². The van der Waals surface area contributed by atoms with E-state index in [9.17, 15) is 9.59 Å². The molecule has 0 spiro atoms. The molecule has 0 unspecified atom stereocenters. The zero-order chi connectivity index (χ0) is 25.1. The molecule has 34 heavy (non-hydrogen) atoms. The van der Waals surface area contributed by atoms with Gasteiger partial charge < -0.3 is 25.3 Å². The zero-order valence-electron chi connectivity index (χ0n) is 21.0. The van der Waals surface area contributed by atoms with Crippen LogP contribution in [-0.2, 0) is 4.74 Å². The van der Waals surface area contributed by atoms with Crippen molar-refractivity contribution in [3.63, 3.8) is 0 Å². The van der Waals surface area contributed by atoms with Gasteiger partial charge in [0.25, 0.3) is 5.91 Å². The summed E-state index contributed by atoms with van der Waals surface area (Å²) in [5.41, 5.74) is 7.79. The van der Waals surface area contributed by atoms with Crippen LogP contribution in [0.2, 0.25) is 0 Å². The van der Waals surface area contributed by atoms with Gasteiger partial charge in [-0.25, -0.2) is 4.79 Å². The van der Waals surface area contributed by atoms with Crippen LogP contribution in [0.1, 0.15) is 74.1 Å². The maximum atomic E-state index is 13.1. The molecule has 0 atom stereocenters. The van der Waals surface area contributed by atoms with Crippen molar-refractivity contribution in [2.24, 2.45) is 11.8 Å². The number of nitrogens with one attached hydrogen (secondary N) is 1. The minimum atomic E-state index is -0.469. The number of rotatable bonds is 13. The molecule has 7 nitrogen and oxygen atoms in total. The molecule has 0 heterocycles. The number of anilines is 2. The molecule has 1 amide bonds. The highest BCUT2D eigenvalue weighted by molar-refractivity contribution is 6.06. The van der Waals surface area contributed by atoms with Crippen molar-refractivity contribution in [2.45, 2.75) is 53.4 Å². The normalized spacial score (nSPS) is 10.9. The van der Waals surface area contributed by atoms with Crippen molar-refractivity contribution in [2.75, 3.05) is 31.4 Å². The van der Waals surface area contributed by atoms with Crippen LogP contribution >= 0.6 is 0 Å². The number of hydrogen-bond donors (Lipinski definition) is 2. The number of hydrogen-bond acceptors (Lipinski definition) is 6. The predicted molar refractivity (Wildman–Crippen MR) is 136 cm³/mol. The van der Waals surface area contributed by atoms with E-state index in [1.54, 1.807) is 36.4 Å². The van der Waals surface area contributed by atoms with E-state index in [2.05, 4.69) is 33.0 Å². The van der Waals surface area contributed by atoms with E-state index in [-0.39, 0.29) is 5.91 Å². The van der Waals surface area contributed by atoms with Gasteiger partial charge in [0.15, 0.2) is 0 Å². The number of nitrogen functional groups attached to an aromatic ring is 1. The van der Waals surface area contributed by atoms with Crippen molar-refractivity contribution in [1.82, 2.24) is 0 Å². The Kier molecular flexibility index (Phi) is 10.7. The van der Waals surface area contributed by atoms with E-state index in [0.29, 0.717) is 59.1 Å². The quantitative estimate of drug-likeness (QED) is 0.278. The first-order valence-corrected chi connectivity index (χ1v) is 12.0. The van der Waals surface area contributed by atoms with Crippen molar-refractivity contribution >= 4 is 23.3 Å². The average molecular weight is 471 g/mol. The van der Waals surface area contributed by atoms with E-state index < -0.39 is 5.97 Å². The van der Waals surface area contributed by atoms with Crippen molar-refractivity contribution < 1.29 is 23.8 Å². The standard InChI is InChI=1S/C27H38N2O5/c1-6-18(7-2)16-33-24-14-20(10-12-22(24)28)26(30)29-23-13-11-21(27(31)32-5)15-25(23)34-17-19(8-3)9-4/h10-15,18-19H,6-9,16-17,28H2,1-5H3,(H,29,30). The van der Waals surface area contributed by atoms with Crippen LogP contribution in [0.4, 0.5) is 11.4 Å². The first-order valence-electron chi connectivity index (χ1n) is 12.0. The highest BCUT2D eigenvalue weighted by Gasteiger charge is 2.17. The monoisotopic (exact) mass is 470 g/mol. The molecule has 186 valence electrons. The molecule has 0 aliphatic heterocycles. The summed E-state index contributed by atoms with van der Waals surface area (Å²) in [4.78, 5) is 25.1. The largest absolute Gasteiger partial charge is 0.491 e. The Morgan fingerprint density at radius 2 is 1.35 bits per heavy atom. The number of nitrogens with two attached hydrogens (primary N) is 1. The molecule has 7 heteroatoms. The van der Waals surface area contributed by atoms with E-state index >= 15 is 0 Å². The lowest BCUT2D eigenvalue weighted by atomic mass is 10.1. The van der Waals surface area contributed by atoms with Gasteiger partial charge in [-0.2, -0.15) is 0 Å². The van der Waals surface area contributed by atoms with Gasteiger partial charge in [0.1, 0.15) is 11.5 Å². The summed E-state index contributed by atoms with van der Waals surface area (Å²) in [7, 11) is 1.33. The molecule has 0 saturated heterocycles. The van der Waals surface area contributed by atoms with E-state index in [0.717, 1.165) is 25.7 Å². The number of ether oxygens (including phenoxy) is 3. The minimum Gasteiger partial charge on any atom is -0.491 e. The lowest BCUT2D eigenvalue weighted by Crippen LogP contribution is -2.16. The summed E-state index contributed by atoms with van der Waals surface area (Å²) in [6.45, 7) is 9.49. The molecule has 2 rings (SSSR count). The van der Waals surface area contributed by atoms with Crippen LogP contribution in [0, 0.1) is 11.8 Å². The summed E-state index contributed by atoms with van der Waals surface area (Å²) < 4.78 is 16.7. The minimum absolute atomic E-state index is 0.328. The highest BCUT2D eigenvalue weighted by Crippen LogP contribution is 2.29. The van der Waals surface area contributed by atoms with Crippen LogP contribution in [0.25, 0.3) is 0 Å². The van der Waals surface area contributed by atoms with Crippen LogP contribution in [0.3, 0.4) is 0 Å². The maximum absolute atomic E-state index is 13.1. The summed E-state index contributed by atoms with van der Waals surface area (Å²) in [6.07, 6.45) is 3.97. The molecule has 0 radical (unpaired) electrons. The third kappa shape index (κ3) is 7.40. The number of carbonyl (C=O) groups is 2. The molecule has 0 saturated carbocycles. The van der Waals surface area contributed by atoms with Gasteiger partial charge in [0.2, 0.25) is 0 Å². The second-order valence-electron chi connectivity index (χ2n) is 8.40. The second-order valence-corrected chi connectivity index (χ2v) is 8.40. The van der Waals surface area contributed by atoms with E-state index in [1.807, 2.05) is 0 Å². The molecule has 0 aliphatic carbocycles. The molecular weight excluding hydrogens is 432 g/mol. The highest BCUT2D eigenvalue weighted by atomic mass is 16.5. The van der Waals surface area contributed by atoms with Crippen molar-refractivity contribution in [3.8, 4) is 11.5 Å². The fraction of sp³-hybridized carbons (Fsp3) is 0.481. The van der Waals surface area contributed by atoms with Crippen LogP contribution in [0.5, 0.6) is 11.5 Å². The Bertz CT molecular complexity index is 952. The summed E-state index contributed by atoms with van der Waals surface area (Å²) in [5.74, 6) is 0.917. The molecule has 0 bridgehead atoms. The van der Waals surface area contributed by atoms with Gasteiger partial charge >= 0.3 is 5.97 Å². The maximum Gasteiger partial charge on any atom is 0.337 e. The SMILES string of the molecule is CCC(CC)COc1cc(C(=O)Nc2ccc(C(=O)OC)cc2OCC(CC)CC)ccc1N. The first-order chi connectivity index (χ1) is 16.4. The van der Waals surface area contributed by atoms with Crippen LogP contribution < -0.4 is 20.5 Å². The first kappa shape index (κ1) is 27.0. The molecule has 2 aromatic rings. The molecule has 0 fully saturated rings. The van der Waals surface area contributed by atoms with Crippen molar-refractivity contribution in [1.29, 1.82) is 0 Å². The Hall–Kier alpha value is -3.22. The Morgan fingerprint density at radius 1 is 0.824 bits per heavy atom. The molecule has 3 N–H and O–H groups in total. The zero-order valence-corrected chi connectivity index (χ0v) is 21.0. The van der Waals surface area contributed by atoms with Crippen LogP contribution in [0.15, 0.2) is 36.4 Å². The summed E-state index contributed by atoms with van der Waals surface area (Å²) in [5, 5.41) is 2.89. The third-order valence-electron chi connectivity index (χ3n) is 6.19. The molecule has 0 aromatic heterocycles. The predicted octanol–water partition coefficient (Wildman–Crippen LogP) is 5.94. The number of benzene rings is 2. The second kappa shape index (κ2) is 13.5. The summed E-state index contributed by atoms with van der Waals surface area (Å²) in [6, 6.07) is 9.81. The number of methoxy groups -OCH3 is 1. The average Bonchev–Trinajstić information content (AvgIpc) is 2.86. The topological polar surface area (TPSA) is 99.9 Å². The number of carbonyl (C=O) groups excluding carboxylic acids is 2. The lowest BCUT2D eigenvalue weighted by molar-refractivity contribution is 0.0600. The Balaban J connectivity index is 2.25. The number of amides is 1. The van der Waals surface area contributed by atoms with Gasteiger partial charge in [0.05, 0.1) is 37.3 Å². The number of esters is 1. The fourth-order valence-electron chi connectivity index (χ4n) is 3.45. The Morgan fingerprint density at radius 3 is 1.91 bits per heavy atom. The molecule has 2 aromatic carbocycles. The van der Waals surface area contributed by atoms with Gasteiger partial charge in [-0.1, -0.05) is 53.4 Å². The van der Waals surface area contributed by atoms with E-state index in [1.165, 1.54) is 7.11 Å². The third-order valence-corrected chi connectivity index (χ3v) is 6.19. The lowest BCUT2D eigenvalue weighted by Gasteiger charge is -2.18. The van der Waals surface area contributed by atoms with E-state index in [4.69, 9.17) is 19.9 Å². The molecular formula is C27H38N2O5. The Labute approximate surface area is 203 Å².